The molecule has 8 nitrogen and oxygen atoms in total. The van der Waals surface area contributed by atoms with E-state index in [0.717, 1.165) is 5.01 Å². The van der Waals surface area contributed by atoms with Crippen molar-refractivity contribution in [2.45, 2.75) is 6.92 Å². The summed E-state index contributed by atoms with van der Waals surface area (Å²) in [5.74, 6) is -0.537. The van der Waals surface area contributed by atoms with Crippen LogP contribution in [0.5, 0.6) is 0 Å². The molecule has 0 saturated heterocycles. The van der Waals surface area contributed by atoms with Crippen LogP contribution in [0.25, 0.3) is 0 Å². The van der Waals surface area contributed by atoms with Gasteiger partial charge in [0.25, 0.3) is 0 Å². The van der Waals surface area contributed by atoms with Crippen LogP contribution in [0, 0.1) is 0 Å². The SMILES string of the molecule is C=C(C)C(=O)OCCNN(C=O)CCP(=O)(O)O. The second-order valence-electron chi connectivity index (χ2n) is 3.51. The van der Waals surface area contributed by atoms with Crippen molar-refractivity contribution in [2.75, 3.05) is 25.9 Å². The first-order chi connectivity index (χ1) is 8.26. The maximum absolute atomic E-state index is 11.0. The standard InChI is InChI=1S/C9H17N2O6P/c1-8(2)9(13)17-5-3-10-11(7-12)4-6-18(14,15)16/h7,10H,1,3-6H2,2H3,(H2,14,15,16). The van der Waals surface area contributed by atoms with Gasteiger partial charge >= 0.3 is 13.6 Å². The van der Waals surface area contributed by atoms with Crippen LogP contribution in [-0.2, 0) is 18.9 Å². The van der Waals surface area contributed by atoms with Crippen molar-refractivity contribution >= 4 is 20.0 Å². The van der Waals surface area contributed by atoms with E-state index in [9.17, 15) is 14.2 Å². The van der Waals surface area contributed by atoms with E-state index in [0.29, 0.717) is 6.41 Å². The molecule has 0 rings (SSSR count). The monoisotopic (exact) mass is 280 g/mol. The van der Waals surface area contributed by atoms with Crippen LogP contribution < -0.4 is 5.43 Å². The lowest BCUT2D eigenvalue weighted by atomic mass is 10.4. The highest BCUT2D eigenvalue weighted by atomic mass is 31.2. The number of esters is 1. The Hall–Kier alpha value is -1.21. The topological polar surface area (TPSA) is 116 Å². The number of carbonyl (C=O) groups excluding carboxylic acids is 2. The van der Waals surface area contributed by atoms with Gasteiger partial charge in [-0.15, -0.1) is 0 Å². The molecule has 0 heterocycles. The van der Waals surface area contributed by atoms with Crippen molar-refractivity contribution in [1.82, 2.24) is 10.4 Å². The molecule has 0 atom stereocenters. The highest BCUT2D eigenvalue weighted by Gasteiger charge is 2.14. The molecule has 1 amide bonds. The number of amides is 1. The summed E-state index contributed by atoms with van der Waals surface area (Å²) < 4.78 is 15.3. The zero-order chi connectivity index (χ0) is 14.2. The maximum Gasteiger partial charge on any atom is 0.333 e. The molecule has 3 N–H and O–H groups in total. The second kappa shape index (κ2) is 7.99. The predicted octanol–water partition coefficient (Wildman–Crippen LogP) is -0.754. The van der Waals surface area contributed by atoms with Gasteiger partial charge in [0.2, 0.25) is 6.41 Å². The smallest absolute Gasteiger partial charge is 0.333 e. The van der Waals surface area contributed by atoms with Crippen LogP contribution in [0.4, 0.5) is 0 Å². The maximum atomic E-state index is 11.0. The first kappa shape index (κ1) is 16.8. The highest BCUT2D eigenvalue weighted by Crippen LogP contribution is 2.33. The van der Waals surface area contributed by atoms with E-state index in [2.05, 4.69) is 12.0 Å². The fourth-order valence-corrected chi connectivity index (χ4v) is 1.34. The summed E-state index contributed by atoms with van der Waals surface area (Å²) in [5, 5.41) is 0.980. The normalized spacial score (nSPS) is 10.8. The fraction of sp³-hybridized carbons (Fsp3) is 0.556. The number of nitrogens with one attached hydrogen (secondary N) is 1. The molecule has 0 unspecified atom stereocenters. The quantitative estimate of drug-likeness (QED) is 0.127. The third-order valence-electron chi connectivity index (χ3n) is 1.76. The summed E-state index contributed by atoms with van der Waals surface area (Å²) in [6.45, 7) is 4.94. The van der Waals surface area contributed by atoms with E-state index >= 15 is 0 Å². The van der Waals surface area contributed by atoms with E-state index in [1.54, 1.807) is 0 Å². The average Bonchev–Trinajstić information content (AvgIpc) is 2.26. The van der Waals surface area contributed by atoms with Crippen LogP contribution in [0.3, 0.4) is 0 Å². The summed E-state index contributed by atoms with van der Waals surface area (Å²) in [6, 6.07) is 0. The van der Waals surface area contributed by atoms with Crippen LogP contribution in [-0.4, -0.2) is 53.0 Å². The van der Waals surface area contributed by atoms with Gasteiger partial charge in [-0.3, -0.25) is 14.4 Å². The summed E-state index contributed by atoms with van der Waals surface area (Å²) in [7, 11) is -4.14. The second-order valence-corrected chi connectivity index (χ2v) is 5.29. The molecular weight excluding hydrogens is 263 g/mol. The molecule has 0 fully saturated rings. The van der Waals surface area contributed by atoms with Gasteiger partial charge in [0.1, 0.15) is 6.61 Å². The molecule has 18 heavy (non-hydrogen) atoms. The summed E-state index contributed by atoms with van der Waals surface area (Å²) in [4.78, 5) is 38.8. The fourth-order valence-electron chi connectivity index (χ4n) is 0.863. The van der Waals surface area contributed by atoms with Gasteiger partial charge in [-0.05, 0) is 6.92 Å². The lowest BCUT2D eigenvalue weighted by Crippen LogP contribution is -2.40. The Labute approximate surface area is 105 Å². The molecule has 0 aromatic rings. The van der Waals surface area contributed by atoms with Crippen molar-refractivity contribution in [3.63, 3.8) is 0 Å². The van der Waals surface area contributed by atoms with Gasteiger partial charge in [-0.25, -0.2) is 10.2 Å². The Morgan fingerprint density at radius 3 is 2.61 bits per heavy atom. The molecule has 0 spiro atoms. The molecule has 104 valence electrons. The summed E-state index contributed by atoms with van der Waals surface area (Å²) in [6.07, 6.45) is -0.0411. The van der Waals surface area contributed by atoms with Gasteiger partial charge in [0.05, 0.1) is 6.16 Å². The van der Waals surface area contributed by atoms with E-state index in [4.69, 9.17) is 14.5 Å². The minimum absolute atomic E-state index is 0.0198. The first-order valence-corrected chi connectivity index (χ1v) is 6.88. The zero-order valence-corrected chi connectivity index (χ0v) is 10.9. The molecule has 0 bridgehead atoms. The summed E-state index contributed by atoms with van der Waals surface area (Å²) >= 11 is 0. The number of rotatable bonds is 9. The number of carbonyl (C=O) groups is 2. The molecule has 0 saturated carbocycles. The Morgan fingerprint density at radius 1 is 1.56 bits per heavy atom. The molecular formula is C9H17N2O6P. The Morgan fingerprint density at radius 2 is 2.17 bits per heavy atom. The lowest BCUT2D eigenvalue weighted by molar-refractivity contribution is -0.139. The molecule has 0 aliphatic carbocycles. The number of hydrogen-bond donors (Lipinski definition) is 3. The number of nitrogens with zero attached hydrogens (tertiary/aromatic N) is 1. The number of hydrazine groups is 1. The molecule has 0 aromatic heterocycles. The molecule has 0 radical (unpaired) electrons. The van der Waals surface area contributed by atoms with E-state index in [1.807, 2.05) is 0 Å². The van der Waals surface area contributed by atoms with Crippen LogP contribution in [0.2, 0.25) is 0 Å². The van der Waals surface area contributed by atoms with Gasteiger partial charge in [0.15, 0.2) is 0 Å². The van der Waals surface area contributed by atoms with Gasteiger partial charge in [0, 0.05) is 18.7 Å². The third-order valence-corrected chi connectivity index (χ3v) is 2.54. The number of hydrogen-bond acceptors (Lipinski definition) is 5. The summed E-state index contributed by atoms with van der Waals surface area (Å²) in [5.41, 5.74) is 2.82. The Balaban J connectivity index is 3.81. The van der Waals surface area contributed by atoms with Crippen molar-refractivity contribution in [3.05, 3.63) is 12.2 Å². The number of ether oxygens (including phenoxy) is 1. The Kier molecular flexibility index (Phi) is 7.45. The minimum atomic E-state index is -4.14. The predicted molar refractivity (Wildman–Crippen MR) is 63.5 cm³/mol. The van der Waals surface area contributed by atoms with Crippen LogP contribution in [0.15, 0.2) is 12.2 Å². The van der Waals surface area contributed by atoms with Gasteiger partial charge in [-0.2, -0.15) is 0 Å². The minimum Gasteiger partial charge on any atom is -0.461 e. The van der Waals surface area contributed by atoms with Gasteiger partial charge < -0.3 is 14.5 Å². The van der Waals surface area contributed by atoms with Gasteiger partial charge in [-0.1, -0.05) is 6.58 Å². The van der Waals surface area contributed by atoms with E-state index in [-0.39, 0.29) is 25.3 Å². The average molecular weight is 280 g/mol. The zero-order valence-electron chi connectivity index (χ0n) is 10.0. The first-order valence-electron chi connectivity index (χ1n) is 5.09. The third kappa shape index (κ3) is 8.89. The van der Waals surface area contributed by atoms with Crippen molar-refractivity contribution in [3.8, 4) is 0 Å². The van der Waals surface area contributed by atoms with E-state index in [1.165, 1.54) is 6.92 Å². The Bertz CT molecular complexity index is 353. The van der Waals surface area contributed by atoms with Crippen molar-refractivity contribution < 1.29 is 28.7 Å². The molecule has 0 aliphatic heterocycles. The van der Waals surface area contributed by atoms with Crippen molar-refractivity contribution in [1.29, 1.82) is 0 Å². The largest absolute Gasteiger partial charge is 0.461 e. The van der Waals surface area contributed by atoms with Crippen LogP contribution >= 0.6 is 7.60 Å². The van der Waals surface area contributed by atoms with Crippen molar-refractivity contribution in [2.24, 2.45) is 0 Å². The molecule has 9 heteroatoms. The lowest BCUT2D eigenvalue weighted by Gasteiger charge is -2.18. The van der Waals surface area contributed by atoms with Crippen LogP contribution in [0.1, 0.15) is 6.92 Å². The molecule has 0 aliphatic rings. The highest BCUT2D eigenvalue weighted by molar-refractivity contribution is 7.51. The van der Waals surface area contributed by atoms with E-state index < -0.39 is 19.7 Å². The molecule has 0 aromatic carbocycles.